The van der Waals surface area contributed by atoms with Gasteiger partial charge in [0.1, 0.15) is 11.2 Å². The van der Waals surface area contributed by atoms with E-state index in [0.717, 1.165) is 0 Å². The molecule has 0 spiro atoms. The van der Waals surface area contributed by atoms with Crippen LogP contribution in [0.2, 0.25) is 0 Å². The molecule has 3 rings (SSSR count). The molecule has 2 atom stereocenters. The molecule has 3 aromatic rings. The molecule has 0 bridgehead atoms. The fourth-order valence-electron chi connectivity index (χ4n) is 4.04. The first-order valence-corrected chi connectivity index (χ1v) is 10.0. The van der Waals surface area contributed by atoms with Crippen LogP contribution in [0, 0.1) is 11.7 Å². The number of carbonyl (C=O) groups is 3. The lowest BCUT2D eigenvalue weighted by Gasteiger charge is -2.38. The minimum absolute atomic E-state index is 0.188. The van der Waals surface area contributed by atoms with Crippen LogP contribution in [0.25, 0.3) is 0 Å². The fraction of sp³-hybridized carbons (Fsp3) is 0.192. The number of ketones is 2. The number of nitrogens with two attached hydrogens (primary N) is 1. The predicted molar refractivity (Wildman–Crippen MR) is 117 cm³/mol. The minimum atomic E-state index is -1.93. The van der Waals surface area contributed by atoms with Gasteiger partial charge in [-0.3, -0.25) is 14.4 Å². The van der Waals surface area contributed by atoms with Crippen LogP contribution >= 0.6 is 0 Å². The van der Waals surface area contributed by atoms with Crippen molar-refractivity contribution in [2.24, 2.45) is 11.7 Å². The number of benzene rings is 3. The van der Waals surface area contributed by atoms with Gasteiger partial charge in [0.2, 0.25) is 5.91 Å². The lowest BCUT2D eigenvalue weighted by molar-refractivity contribution is -0.137. The normalized spacial score (nSPS) is 13.9. The third-order valence-electron chi connectivity index (χ3n) is 5.49. The molecule has 0 saturated carbocycles. The van der Waals surface area contributed by atoms with Crippen LogP contribution in [0.3, 0.4) is 0 Å². The Bertz CT molecular complexity index is 1080. The number of primary amides is 1. The van der Waals surface area contributed by atoms with Crippen molar-refractivity contribution in [3.8, 4) is 0 Å². The Kier molecular flexibility index (Phi) is 6.44. The van der Waals surface area contributed by atoms with Gasteiger partial charge >= 0.3 is 0 Å². The summed E-state index contributed by atoms with van der Waals surface area (Å²) in [7, 11) is 0. The van der Waals surface area contributed by atoms with Gasteiger partial charge in [0, 0.05) is 11.5 Å². The van der Waals surface area contributed by atoms with Crippen molar-refractivity contribution in [2.45, 2.75) is 25.2 Å². The summed E-state index contributed by atoms with van der Waals surface area (Å²) in [6, 6.07) is 22.1. The second-order valence-electron chi connectivity index (χ2n) is 7.77. The predicted octanol–water partition coefficient (Wildman–Crippen LogP) is 4.44. The molecule has 2 unspecified atom stereocenters. The molecule has 0 heterocycles. The van der Waals surface area contributed by atoms with E-state index in [0.29, 0.717) is 11.1 Å². The van der Waals surface area contributed by atoms with Crippen molar-refractivity contribution in [1.29, 1.82) is 0 Å². The standard InChI is InChI=1S/C26H24FNO3/c1-17(2)24(30)26(25(28)31,20-11-7-4-8-12-20)22(18-9-5-3-6-10-18)23(29)19-13-15-21(27)16-14-19/h3-17,22H,1-2H3,(H2,28,31). The largest absolute Gasteiger partial charge is 0.368 e. The summed E-state index contributed by atoms with van der Waals surface area (Å²) in [5, 5.41) is 0. The second kappa shape index (κ2) is 9.04. The van der Waals surface area contributed by atoms with Gasteiger partial charge in [0.25, 0.3) is 0 Å². The highest BCUT2D eigenvalue weighted by atomic mass is 19.1. The van der Waals surface area contributed by atoms with Crippen LogP contribution in [0.1, 0.15) is 41.3 Å². The molecule has 0 aliphatic rings. The summed E-state index contributed by atoms with van der Waals surface area (Å²) in [5.74, 6) is -4.11. The molecule has 5 heteroatoms. The van der Waals surface area contributed by atoms with E-state index in [1.165, 1.54) is 24.3 Å². The van der Waals surface area contributed by atoms with Crippen molar-refractivity contribution < 1.29 is 18.8 Å². The summed E-state index contributed by atoms with van der Waals surface area (Å²) in [6.07, 6.45) is 0. The van der Waals surface area contributed by atoms with Crippen molar-refractivity contribution in [2.75, 3.05) is 0 Å². The number of Topliss-reactive ketones (excluding diaryl/α,β-unsaturated/α-hetero) is 2. The number of rotatable bonds is 8. The average Bonchev–Trinajstić information content (AvgIpc) is 2.78. The van der Waals surface area contributed by atoms with Crippen LogP contribution in [0.5, 0.6) is 0 Å². The third-order valence-corrected chi connectivity index (χ3v) is 5.49. The smallest absolute Gasteiger partial charge is 0.236 e. The van der Waals surface area contributed by atoms with Gasteiger partial charge in [-0.05, 0) is 35.4 Å². The SMILES string of the molecule is CC(C)C(=O)C(C(N)=O)(c1ccccc1)C(C(=O)c1ccc(F)cc1)c1ccccc1. The molecule has 4 nitrogen and oxygen atoms in total. The quantitative estimate of drug-likeness (QED) is 0.435. The number of amides is 1. The highest BCUT2D eigenvalue weighted by Crippen LogP contribution is 2.44. The summed E-state index contributed by atoms with van der Waals surface area (Å²) in [4.78, 5) is 40.7. The van der Waals surface area contributed by atoms with Gasteiger partial charge in [-0.25, -0.2) is 4.39 Å². The molecule has 158 valence electrons. The maximum absolute atomic E-state index is 13.8. The third kappa shape index (κ3) is 4.04. The van der Waals surface area contributed by atoms with Crippen molar-refractivity contribution in [1.82, 2.24) is 0 Å². The Balaban J connectivity index is 2.38. The molecule has 1 amide bonds. The molecule has 0 aliphatic carbocycles. The average molecular weight is 417 g/mol. The zero-order valence-electron chi connectivity index (χ0n) is 17.4. The molecule has 2 N–H and O–H groups in total. The first kappa shape index (κ1) is 22.1. The van der Waals surface area contributed by atoms with Crippen molar-refractivity contribution >= 4 is 17.5 Å². The molecule has 0 saturated heterocycles. The second-order valence-corrected chi connectivity index (χ2v) is 7.77. The summed E-state index contributed by atoms with van der Waals surface area (Å²) in [5.41, 5.74) is 5.04. The molecule has 0 fully saturated rings. The zero-order valence-corrected chi connectivity index (χ0v) is 17.4. The molecule has 0 aliphatic heterocycles. The van der Waals surface area contributed by atoms with E-state index < -0.39 is 40.5 Å². The number of hydrogen-bond acceptors (Lipinski definition) is 3. The lowest BCUT2D eigenvalue weighted by Crippen LogP contribution is -2.55. The molecule has 0 aromatic heterocycles. The van der Waals surface area contributed by atoms with E-state index in [-0.39, 0.29) is 5.56 Å². The Labute approximate surface area is 180 Å². The summed E-state index contributed by atoms with van der Waals surface area (Å²) in [6.45, 7) is 3.35. The maximum Gasteiger partial charge on any atom is 0.236 e. The topological polar surface area (TPSA) is 77.2 Å². The molecule has 31 heavy (non-hydrogen) atoms. The number of hydrogen-bond donors (Lipinski definition) is 1. The Morgan fingerprint density at radius 2 is 1.32 bits per heavy atom. The molecular formula is C26H24FNO3. The van der Waals surface area contributed by atoms with Crippen LogP contribution in [0.15, 0.2) is 84.9 Å². The van der Waals surface area contributed by atoms with Gasteiger partial charge in [-0.2, -0.15) is 0 Å². The van der Waals surface area contributed by atoms with E-state index in [4.69, 9.17) is 5.73 Å². The van der Waals surface area contributed by atoms with Crippen LogP contribution in [-0.4, -0.2) is 17.5 Å². The maximum atomic E-state index is 13.8. The lowest BCUT2D eigenvalue weighted by atomic mass is 9.60. The zero-order chi connectivity index (χ0) is 22.6. The number of carbonyl (C=O) groups excluding carboxylic acids is 3. The molecule has 3 aromatic carbocycles. The van der Waals surface area contributed by atoms with E-state index in [1.807, 2.05) is 0 Å². The van der Waals surface area contributed by atoms with Crippen molar-refractivity contribution in [3.63, 3.8) is 0 Å². The first-order chi connectivity index (χ1) is 14.8. The summed E-state index contributed by atoms with van der Waals surface area (Å²) < 4.78 is 13.5. The van der Waals surface area contributed by atoms with Crippen LogP contribution < -0.4 is 5.73 Å². The van der Waals surface area contributed by atoms with Crippen molar-refractivity contribution in [3.05, 3.63) is 107 Å². The summed E-state index contributed by atoms with van der Waals surface area (Å²) >= 11 is 0. The molecular weight excluding hydrogens is 393 g/mol. The highest BCUT2D eigenvalue weighted by Gasteiger charge is 2.56. The fourth-order valence-corrected chi connectivity index (χ4v) is 4.04. The number of halogens is 1. The molecule has 0 radical (unpaired) electrons. The van der Waals surface area contributed by atoms with Gasteiger partial charge in [-0.1, -0.05) is 74.5 Å². The van der Waals surface area contributed by atoms with Crippen LogP contribution in [0.4, 0.5) is 4.39 Å². The minimum Gasteiger partial charge on any atom is -0.368 e. The highest BCUT2D eigenvalue weighted by molar-refractivity contribution is 6.19. The van der Waals surface area contributed by atoms with E-state index in [1.54, 1.807) is 74.5 Å². The van der Waals surface area contributed by atoms with Gasteiger partial charge in [-0.15, -0.1) is 0 Å². The van der Waals surface area contributed by atoms with E-state index in [2.05, 4.69) is 0 Å². The van der Waals surface area contributed by atoms with Gasteiger partial charge in [0.05, 0.1) is 5.92 Å². The van der Waals surface area contributed by atoms with E-state index >= 15 is 0 Å². The first-order valence-electron chi connectivity index (χ1n) is 10.0. The van der Waals surface area contributed by atoms with Gasteiger partial charge < -0.3 is 5.73 Å². The Morgan fingerprint density at radius 3 is 1.81 bits per heavy atom. The van der Waals surface area contributed by atoms with E-state index in [9.17, 15) is 18.8 Å². The van der Waals surface area contributed by atoms with Crippen LogP contribution in [-0.2, 0) is 15.0 Å². The Morgan fingerprint density at radius 1 is 0.806 bits per heavy atom. The monoisotopic (exact) mass is 417 g/mol. The van der Waals surface area contributed by atoms with Gasteiger partial charge in [0.15, 0.2) is 11.6 Å². The Hall–Kier alpha value is -3.60.